The maximum absolute atomic E-state index is 3.41. The molecular weight excluding hydrogens is 219 g/mol. The Morgan fingerprint density at radius 3 is 2.71 bits per heavy atom. The number of nitrogens with zero attached hydrogens (tertiary/aromatic N) is 1. The van der Waals surface area contributed by atoms with Crippen molar-refractivity contribution in [2.45, 2.75) is 6.54 Å². The number of para-hydroxylation sites is 1. The lowest BCUT2D eigenvalue weighted by Gasteiger charge is -2.11. The minimum absolute atomic E-state index is 0. The van der Waals surface area contributed by atoms with E-state index in [1.54, 1.807) is 0 Å². The van der Waals surface area contributed by atoms with E-state index in [1.165, 1.54) is 11.3 Å². The van der Waals surface area contributed by atoms with E-state index < -0.39 is 0 Å². The van der Waals surface area contributed by atoms with E-state index in [4.69, 9.17) is 0 Å². The van der Waals surface area contributed by atoms with Gasteiger partial charge in [-0.05, 0) is 18.7 Å². The second-order valence-electron chi connectivity index (χ2n) is 3.32. The topological polar surface area (TPSA) is 15.3 Å². The molecule has 1 aliphatic rings. The third kappa shape index (κ3) is 3.05. The van der Waals surface area contributed by atoms with Crippen LogP contribution in [0.25, 0.3) is 0 Å². The maximum atomic E-state index is 3.41. The van der Waals surface area contributed by atoms with Crippen molar-refractivity contribution in [3.05, 3.63) is 29.8 Å². The number of anilines is 1. The summed E-state index contributed by atoms with van der Waals surface area (Å²) in [6.07, 6.45) is 0. The van der Waals surface area contributed by atoms with E-state index in [9.17, 15) is 0 Å². The van der Waals surface area contributed by atoms with Gasteiger partial charge in [-0.1, -0.05) is 18.2 Å². The minimum Gasteiger partial charge on any atom is -0.383 e. The molecule has 0 unspecified atom stereocenters. The lowest BCUT2D eigenvalue weighted by molar-refractivity contribution is 0.346. The smallest absolute Gasteiger partial charge is 0.0386 e. The fourth-order valence-corrected chi connectivity index (χ4v) is 1.58. The SMILES string of the molecule is CN1CCNc2ccccc2C1.Cl.Cl. The third-order valence-electron chi connectivity index (χ3n) is 2.27. The number of likely N-dealkylation sites (N-methyl/N-ethyl adjacent to an activating group) is 1. The molecule has 80 valence electrons. The molecule has 0 bridgehead atoms. The predicted molar refractivity (Wildman–Crippen MR) is 65.8 cm³/mol. The Morgan fingerprint density at radius 1 is 1.21 bits per heavy atom. The normalized spacial score (nSPS) is 15.2. The summed E-state index contributed by atoms with van der Waals surface area (Å²) in [7, 11) is 2.16. The highest BCUT2D eigenvalue weighted by molar-refractivity contribution is 5.85. The summed E-state index contributed by atoms with van der Waals surface area (Å²) in [4.78, 5) is 2.33. The van der Waals surface area contributed by atoms with Crippen molar-refractivity contribution in [1.29, 1.82) is 0 Å². The van der Waals surface area contributed by atoms with E-state index in [1.807, 2.05) is 0 Å². The molecule has 4 heteroatoms. The average Bonchev–Trinajstić information content (AvgIpc) is 2.25. The Balaban J connectivity index is 0.000000845. The second kappa shape index (κ2) is 6.12. The number of halogens is 2. The first-order valence-corrected chi connectivity index (χ1v) is 4.36. The number of hydrogen-bond donors (Lipinski definition) is 1. The Hall–Kier alpha value is -0.440. The van der Waals surface area contributed by atoms with Crippen LogP contribution in [0.5, 0.6) is 0 Å². The standard InChI is InChI=1S/C10H14N2.2ClH/c1-12-7-6-11-10-5-3-2-4-9(10)8-12;;/h2-5,11H,6-8H2,1H3;2*1H. The van der Waals surface area contributed by atoms with Crippen LogP contribution >= 0.6 is 24.8 Å². The number of nitrogens with one attached hydrogen (secondary N) is 1. The highest BCUT2D eigenvalue weighted by Crippen LogP contribution is 2.18. The number of hydrogen-bond acceptors (Lipinski definition) is 2. The fourth-order valence-electron chi connectivity index (χ4n) is 1.58. The van der Waals surface area contributed by atoms with Gasteiger partial charge in [0, 0.05) is 25.3 Å². The van der Waals surface area contributed by atoms with Crippen LogP contribution in [-0.2, 0) is 6.54 Å². The molecule has 14 heavy (non-hydrogen) atoms. The van der Waals surface area contributed by atoms with Crippen LogP contribution in [0.2, 0.25) is 0 Å². The second-order valence-corrected chi connectivity index (χ2v) is 3.32. The van der Waals surface area contributed by atoms with Gasteiger partial charge in [0.2, 0.25) is 0 Å². The number of rotatable bonds is 0. The molecule has 1 aromatic carbocycles. The quantitative estimate of drug-likeness (QED) is 0.742. The Labute approximate surface area is 97.5 Å². The third-order valence-corrected chi connectivity index (χ3v) is 2.27. The van der Waals surface area contributed by atoms with Crippen LogP contribution in [0.1, 0.15) is 5.56 Å². The zero-order valence-corrected chi connectivity index (χ0v) is 9.83. The largest absolute Gasteiger partial charge is 0.383 e. The first-order valence-electron chi connectivity index (χ1n) is 4.36. The molecule has 0 spiro atoms. The molecule has 0 atom stereocenters. The van der Waals surface area contributed by atoms with Crippen LogP contribution in [0.15, 0.2) is 24.3 Å². The summed E-state index contributed by atoms with van der Waals surface area (Å²) in [5, 5.41) is 3.41. The molecule has 0 amide bonds. The van der Waals surface area contributed by atoms with Gasteiger partial charge in [0.1, 0.15) is 0 Å². The summed E-state index contributed by atoms with van der Waals surface area (Å²) in [5.41, 5.74) is 2.69. The molecular formula is C10H16Cl2N2. The van der Waals surface area contributed by atoms with Crippen molar-refractivity contribution in [3.63, 3.8) is 0 Å². The zero-order valence-electron chi connectivity index (χ0n) is 8.19. The lowest BCUT2D eigenvalue weighted by Crippen LogP contribution is -2.20. The maximum Gasteiger partial charge on any atom is 0.0386 e. The summed E-state index contributed by atoms with van der Waals surface area (Å²) in [5.74, 6) is 0. The van der Waals surface area contributed by atoms with E-state index in [2.05, 4.69) is 41.5 Å². The summed E-state index contributed by atoms with van der Waals surface area (Å²) >= 11 is 0. The molecule has 1 aromatic rings. The highest BCUT2D eigenvalue weighted by Gasteiger charge is 2.08. The summed E-state index contributed by atoms with van der Waals surface area (Å²) in [6.45, 7) is 3.23. The highest BCUT2D eigenvalue weighted by atomic mass is 35.5. The summed E-state index contributed by atoms with van der Waals surface area (Å²) in [6, 6.07) is 8.51. The molecule has 0 aromatic heterocycles. The molecule has 0 saturated carbocycles. The Bertz CT molecular complexity index is 279. The predicted octanol–water partition coefficient (Wildman–Crippen LogP) is 2.39. The van der Waals surface area contributed by atoms with Crippen molar-refractivity contribution in [3.8, 4) is 0 Å². The van der Waals surface area contributed by atoms with Gasteiger partial charge in [0.05, 0.1) is 0 Å². The van der Waals surface area contributed by atoms with Crippen LogP contribution in [0.4, 0.5) is 5.69 Å². The Kier molecular flexibility index (Phi) is 5.93. The van der Waals surface area contributed by atoms with Gasteiger partial charge in [-0.2, -0.15) is 0 Å². The van der Waals surface area contributed by atoms with Gasteiger partial charge < -0.3 is 10.2 Å². The van der Waals surface area contributed by atoms with Crippen LogP contribution in [0, 0.1) is 0 Å². The van der Waals surface area contributed by atoms with Gasteiger partial charge >= 0.3 is 0 Å². The molecule has 1 aliphatic heterocycles. The van der Waals surface area contributed by atoms with Gasteiger partial charge in [0.25, 0.3) is 0 Å². The van der Waals surface area contributed by atoms with Crippen molar-refractivity contribution in [2.75, 3.05) is 25.5 Å². The van der Waals surface area contributed by atoms with Crippen molar-refractivity contribution in [2.24, 2.45) is 0 Å². The zero-order chi connectivity index (χ0) is 8.39. The minimum atomic E-state index is 0. The molecule has 1 N–H and O–H groups in total. The fraction of sp³-hybridized carbons (Fsp3) is 0.400. The van der Waals surface area contributed by atoms with E-state index >= 15 is 0 Å². The van der Waals surface area contributed by atoms with Crippen molar-refractivity contribution < 1.29 is 0 Å². The molecule has 2 rings (SSSR count). The number of benzene rings is 1. The van der Waals surface area contributed by atoms with Gasteiger partial charge in [-0.3, -0.25) is 0 Å². The van der Waals surface area contributed by atoms with Gasteiger partial charge in [0.15, 0.2) is 0 Å². The van der Waals surface area contributed by atoms with Gasteiger partial charge in [-0.25, -0.2) is 0 Å². The van der Waals surface area contributed by atoms with Gasteiger partial charge in [-0.15, -0.1) is 24.8 Å². The van der Waals surface area contributed by atoms with Crippen LogP contribution in [0.3, 0.4) is 0 Å². The van der Waals surface area contributed by atoms with E-state index in [-0.39, 0.29) is 24.8 Å². The van der Waals surface area contributed by atoms with Crippen LogP contribution < -0.4 is 5.32 Å². The lowest BCUT2D eigenvalue weighted by atomic mass is 10.2. The number of fused-ring (bicyclic) bond motifs is 1. The molecule has 0 saturated heterocycles. The first-order chi connectivity index (χ1) is 5.86. The molecule has 0 aliphatic carbocycles. The monoisotopic (exact) mass is 234 g/mol. The van der Waals surface area contributed by atoms with E-state index in [0.717, 1.165) is 19.6 Å². The molecule has 0 fully saturated rings. The molecule has 0 radical (unpaired) electrons. The average molecular weight is 235 g/mol. The Morgan fingerprint density at radius 2 is 1.93 bits per heavy atom. The van der Waals surface area contributed by atoms with Crippen molar-refractivity contribution >= 4 is 30.5 Å². The van der Waals surface area contributed by atoms with Crippen molar-refractivity contribution in [1.82, 2.24) is 4.90 Å². The first kappa shape index (κ1) is 13.6. The molecule has 2 nitrogen and oxygen atoms in total. The summed E-state index contributed by atoms with van der Waals surface area (Å²) < 4.78 is 0. The molecule has 1 heterocycles. The van der Waals surface area contributed by atoms with Crippen LogP contribution in [-0.4, -0.2) is 25.0 Å². The van der Waals surface area contributed by atoms with E-state index in [0.29, 0.717) is 0 Å².